The summed E-state index contributed by atoms with van der Waals surface area (Å²) in [6.45, 7) is 0. The van der Waals surface area contributed by atoms with Crippen molar-refractivity contribution in [3.05, 3.63) is 145 Å². The fourth-order valence-electron chi connectivity index (χ4n) is 6.10. The van der Waals surface area contributed by atoms with Crippen molar-refractivity contribution in [1.29, 1.82) is 0 Å². The number of carbonyl (C=O) groups is 1. The topological polar surface area (TPSA) is 42.4 Å². The van der Waals surface area contributed by atoms with Gasteiger partial charge in [0.05, 0.1) is 40.9 Å². The lowest BCUT2D eigenvalue weighted by atomic mass is 9.93. The maximum atomic E-state index is 12.2. The molecule has 0 saturated heterocycles. The Balaban J connectivity index is 1.43. The van der Waals surface area contributed by atoms with Crippen LogP contribution in [0.2, 0.25) is 0 Å². The molecule has 0 spiro atoms. The second kappa shape index (κ2) is 10.7. The number of benzene rings is 6. The van der Waals surface area contributed by atoms with E-state index >= 15 is 0 Å². The van der Waals surface area contributed by atoms with Crippen LogP contribution in [0.5, 0.6) is 0 Å². The molecule has 0 unspecified atom stereocenters. The molecule has 0 amide bonds. The molecule has 1 aliphatic heterocycles. The smallest absolute Gasteiger partial charge is 0.337 e. The minimum absolute atomic E-state index is 0.359. The van der Waals surface area contributed by atoms with E-state index in [1.165, 1.54) is 27.7 Å². The highest BCUT2D eigenvalue weighted by atomic mass is 32.2. The molecule has 0 N–H and O–H groups in total. The molecule has 0 atom stereocenters. The highest BCUT2D eigenvalue weighted by Gasteiger charge is 2.27. The monoisotopic (exact) mass is 586 g/mol. The number of ether oxygens (including phenoxy) is 1. The lowest BCUT2D eigenvalue weighted by Crippen LogP contribution is -2.15. The summed E-state index contributed by atoms with van der Waals surface area (Å²) < 4.78 is 4.94. The molecule has 0 bridgehead atoms. The first kappa shape index (κ1) is 26.3. The van der Waals surface area contributed by atoms with E-state index in [1.54, 1.807) is 23.9 Å². The normalized spacial score (nSPS) is 12.2. The number of fused-ring (bicyclic) bond motifs is 4. The Morgan fingerprint density at radius 1 is 0.636 bits per heavy atom. The second-order valence-corrected chi connectivity index (χ2v) is 11.8. The van der Waals surface area contributed by atoms with Crippen LogP contribution in [0.3, 0.4) is 0 Å². The van der Waals surface area contributed by atoms with Crippen molar-refractivity contribution in [3.63, 3.8) is 0 Å². The molecule has 44 heavy (non-hydrogen) atoms. The van der Waals surface area contributed by atoms with Crippen molar-refractivity contribution in [3.8, 4) is 22.4 Å². The number of para-hydroxylation sites is 3. The third-order valence-electron chi connectivity index (χ3n) is 8.17. The number of nitrogens with zero attached hydrogens (tertiary/aromatic N) is 2. The zero-order valence-electron chi connectivity index (χ0n) is 23.9. The molecule has 5 heteroatoms. The zero-order chi connectivity index (χ0) is 29.6. The zero-order valence-corrected chi connectivity index (χ0v) is 24.7. The third kappa shape index (κ3) is 4.32. The number of methoxy groups -OCH3 is 1. The van der Waals surface area contributed by atoms with Crippen molar-refractivity contribution >= 4 is 56.5 Å². The van der Waals surface area contributed by atoms with Crippen molar-refractivity contribution in [2.24, 2.45) is 0 Å². The minimum atomic E-state index is -0.359. The molecule has 1 aliphatic rings. The molecular formula is C39H26N2O2S. The predicted molar refractivity (Wildman–Crippen MR) is 180 cm³/mol. The maximum Gasteiger partial charge on any atom is 0.337 e. The second-order valence-electron chi connectivity index (χ2n) is 10.7. The van der Waals surface area contributed by atoms with E-state index in [9.17, 15) is 4.79 Å². The average Bonchev–Trinajstić information content (AvgIpc) is 3.09. The first-order valence-corrected chi connectivity index (χ1v) is 15.3. The van der Waals surface area contributed by atoms with Crippen LogP contribution in [0.15, 0.2) is 149 Å². The van der Waals surface area contributed by atoms with Gasteiger partial charge in [0, 0.05) is 20.7 Å². The van der Waals surface area contributed by atoms with Gasteiger partial charge in [-0.15, -0.1) is 0 Å². The van der Waals surface area contributed by atoms with E-state index in [0.717, 1.165) is 50.3 Å². The molecule has 210 valence electrons. The standard InChI is InChI=1S/C39H26N2O2S/c1-43-39(42)27-22-20-26(21-23-27)32-24-31(29-13-8-11-25-10-2-3-12-28(25)29)30-14-9-17-35(38(30)40-32)41-33-15-4-6-18-36(33)44-37-19-7-5-16-34(37)41/h2-24H,1H3. The van der Waals surface area contributed by atoms with Crippen LogP contribution < -0.4 is 4.90 Å². The summed E-state index contributed by atoms with van der Waals surface area (Å²) in [5.74, 6) is -0.359. The van der Waals surface area contributed by atoms with E-state index in [1.807, 2.05) is 12.1 Å². The first-order chi connectivity index (χ1) is 21.7. The molecular weight excluding hydrogens is 561 g/mol. The van der Waals surface area contributed by atoms with Gasteiger partial charge >= 0.3 is 5.97 Å². The number of carbonyl (C=O) groups excluding carboxylic acids is 1. The van der Waals surface area contributed by atoms with Gasteiger partial charge in [0.1, 0.15) is 0 Å². The maximum absolute atomic E-state index is 12.2. The quantitative estimate of drug-likeness (QED) is 0.192. The SMILES string of the molecule is COC(=O)c1ccc(-c2cc(-c3cccc4ccccc34)c3cccc(N4c5ccccc5Sc5ccccc54)c3n2)cc1. The highest BCUT2D eigenvalue weighted by molar-refractivity contribution is 7.99. The van der Waals surface area contributed by atoms with Crippen LogP contribution in [0.4, 0.5) is 17.1 Å². The van der Waals surface area contributed by atoms with Crippen LogP contribution in [0, 0.1) is 0 Å². The number of anilines is 3. The molecule has 0 radical (unpaired) electrons. The van der Waals surface area contributed by atoms with E-state index in [2.05, 4.69) is 120 Å². The molecule has 8 rings (SSSR count). The van der Waals surface area contributed by atoms with Gasteiger partial charge in [-0.2, -0.15) is 0 Å². The minimum Gasteiger partial charge on any atom is -0.465 e. The number of esters is 1. The van der Waals surface area contributed by atoms with Gasteiger partial charge in [-0.25, -0.2) is 9.78 Å². The number of hydrogen-bond donors (Lipinski definition) is 0. The van der Waals surface area contributed by atoms with Crippen LogP contribution in [-0.2, 0) is 4.74 Å². The molecule has 6 aromatic carbocycles. The lowest BCUT2D eigenvalue weighted by molar-refractivity contribution is 0.0600. The summed E-state index contributed by atoms with van der Waals surface area (Å²) in [7, 11) is 1.40. The van der Waals surface area contributed by atoms with E-state index < -0.39 is 0 Å². The fraction of sp³-hybridized carbons (Fsp3) is 0.0256. The van der Waals surface area contributed by atoms with Gasteiger partial charge in [0.25, 0.3) is 0 Å². The van der Waals surface area contributed by atoms with Crippen LogP contribution >= 0.6 is 11.8 Å². The largest absolute Gasteiger partial charge is 0.465 e. The number of rotatable bonds is 4. The van der Waals surface area contributed by atoms with Gasteiger partial charge < -0.3 is 9.64 Å². The summed E-state index contributed by atoms with van der Waals surface area (Å²) >= 11 is 1.79. The summed E-state index contributed by atoms with van der Waals surface area (Å²) in [4.78, 5) is 22.3. The molecule has 0 fully saturated rings. The molecule has 7 aromatic rings. The summed E-state index contributed by atoms with van der Waals surface area (Å²) in [5.41, 5.74) is 8.69. The summed E-state index contributed by atoms with van der Waals surface area (Å²) in [6, 6.07) is 48.2. The van der Waals surface area contributed by atoms with Crippen molar-refractivity contribution < 1.29 is 9.53 Å². The van der Waals surface area contributed by atoms with Crippen molar-refractivity contribution in [2.75, 3.05) is 12.0 Å². The Labute approximate surface area is 259 Å². The average molecular weight is 587 g/mol. The number of aromatic nitrogens is 1. The van der Waals surface area contributed by atoms with Gasteiger partial charge in [-0.3, -0.25) is 0 Å². The lowest BCUT2D eigenvalue weighted by Gasteiger charge is -2.33. The predicted octanol–water partition coefficient (Wildman–Crippen LogP) is 10.4. The van der Waals surface area contributed by atoms with E-state index in [-0.39, 0.29) is 5.97 Å². The summed E-state index contributed by atoms with van der Waals surface area (Å²) in [6.07, 6.45) is 0. The van der Waals surface area contributed by atoms with Gasteiger partial charge in [-0.05, 0) is 70.4 Å². The van der Waals surface area contributed by atoms with Gasteiger partial charge in [-0.1, -0.05) is 103 Å². The van der Waals surface area contributed by atoms with Crippen LogP contribution in [0.25, 0.3) is 44.1 Å². The van der Waals surface area contributed by atoms with Crippen LogP contribution in [0.1, 0.15) is 10.4 Å². The molecule has 0 aliphatic carbocycles. The Hall–Kier alpha value is -5.39. The Morgan fingerprint density at radius 2 is 1.25 bits per heavy atom. The Kier molecular flexibility index (Phi) is 6.39. The van der Waals surface area contributed by atoms with E-state index in [0.29, 0.717) is 5.56 Å². The summed E-state index contributed by atoms with van der Waals surface area (Å²) in [5, 5.41) is 3.44. The molecule has 0 saturated carbocycles. The number of pyridine rings is 1. The first-order valence-electron chi connectivity index (χ1n) is 14.5. The van der Waals surface area contributed by atoms with Gasteiger partial charge in [0.2, 0.25) is 0 Å². The molecule has 1 aromatic heterocycles. The van der Waals surface area contributed by atoms with Crippen molar-refractivity contribution in [1.82, 2.24) is 4.98 Å². The van der Waals surface area contributed by atoms with E-state index in [4.69, 9.17) is 9.72 Å². The highest BCUT2D eigenvalue weighted by Crippen LogP contribution is 2.52. The Bertz CT molecular complexity index is 2170. The molecule has 4 nitrogen and oxygen atoms in total. The third-order valence-corrected chi connectivity index (χ3v) is 9.30. The molecule has 2 heterocycles. The Morgan fingerprint density at radius 3 is 2.00 bits per heavy atom. The van der Waals surface area contributed by atoms with Gasteiger partial charge in [0.15, 0.2) is 0 Å². The number of hydrogen-bond acceptors (Lipinski definition) is 5. The fourth-order valence-corrected chi connectivity index (χ4v) is 7.16. The van der Waals surface area contributed by atoms with Crippen molar-refractivity contribution in [2.45, 2.75) is 9.79 Å². The van der Waals surface area contributed by atoms with Crippen LogP contribution in [-0.4, -0.2) is 18.1 Å².